The molecule has 0 aliphatic carbocycles. The molecular weight excluding hydrogens is 419 g/mol. The summed E-state index contributed by atoms with van der Waals surface area (Å²) in [5.74, 6) is -0.971. The highest BCUT2D eigenvalue weighted by Crippen LogP contribution is 2.33. The van der Waals surface area contributed by atoms with Crippen LogP contribution in [0.2, 0.25) is 0 Å². The summed E-state index contributed by atoms with van der Waals surface area (Å²) >= 11 is 0. The standard InChI is InChI=1S/C23H21FN2O4S/c24-20-10-4-5-11-22(20)30-16-23(27)25-18-12-13-21-17(15-18)7-6-14-26(21)31(28,29)19-8-2-1-3-9-19/h1-5,8-13,15H,6-7,14,16H2,(H,25,27). The zero-order chi connectivity index (χ0) is 21.8. The van der Waals surface area contributed by atoms with Crippen molar-refractivity contribution in [1.82, 2.24) is 0 Å². The van der Waals surface area contributed by atoms with Gasteiger partial charge in [-0.3, -0.25) is 9.10 Å². The van der Waals surface area contributed by atoms with E-state index in [0.29, 0.717) is 30.8 Å². The molecule has 8 heteroatoms. The number of halogens is 1. The molecule has 4 rings (SSSR count). The quantitative estimate of drug-likeness (QED) is 0.629. The third kappa shape index (κ3) is 4.54. The van der Waals surface area contributed by atoms with Crippen molar-refractivity contribution >= 4 is 27.3 Å². The summed E-state index contributed by atoms with van der Waals surface area (Å²) in [5, 5.41) is 2.71. The highest BCUT2D eigenvalue weighted by Gasteiger charge is 2.29. The molecule has 0 atom stereocenters. The van der Waals surface area contributed by atoms with Crippen LogP contribution < -0.4 is 14.4 Å². The van der Waals surface area contributed by atoms with E-state index >= 15 is 0 Å². The van der Waals surface area contributed by atoms with Gasteiger partial charge in [-0.1, -0.05) is 30.3 Å². The highest BCUT2D eigenvalue weighted by atomic mass is 32.2. The number of para-hydroxylation sites is 1. The number of anilines is 2. The van der Waals surface area contributed by atoms with E-state index in [4.69, 9.17) is 4.74 Å². The Kier molecular flexibility index (Phi) is 5.90. The fourth-order valence-corrected chi connectivity index (χ4v) is 5.07. The number of aryl methyl sites for hydroxylation is 1. The van der Waals surface area contributed by atoms with Crippen molar-refractivity contribution in [3.05, 3.63) is 84.2 Å². The SMILES string of the molecule is O=C(COc1ccccc1F)Nc1ccc2c(c1)CCCN2S(=O)(=O)c1ccccc1. The van der Waals surface area contributed by atoms with Crippen LogP contribution in [-0.2, 0) is 21.2 Å². The number of hydrogen-bond donors (Lipinski definition) is 1. The molecule has 1 aliphatic rings. The Bertz CT molecular complexity index is 1200. The molecule has 3 aromatic rings. The molecule has 0 bridgehead atoms. The summed E-state index contributed by atoms with van der Waals surface area (Å²) < 4.78 is 46.4. The van der Waals surface area contributed by atoms with Crippen LogP contribution in [0, 0.1) is 5.82 Å². The number of benzene rings is 3. The number of carbonyl (C=O) groups is 1. The van der Waals surface area contributed by atoms with E-state index in [0.717, 1.165) is 5.56 Å². The molecule has 31 heavy (non-hydrogen) atoms. The first-order valence-corrected chi connectivity index (χ1v) is 11.3. The first-order chi connectivity index (χ1) is 14.9. The van der Waals surface area contributed by atoms with E-state index in [2.05, 4.69) is 5.32 Å². The summed E-state index contributed by atoms with van der Waals surface area (Å²) in [4.78, 5) is 12.5. The summed E-state index contributed by atoms with van der Waals surface area (Å²) in [5.41, 5.74) is 1.97. The largest absolute Gasteiger partial charge is 0.481 e. The molecule has 0 radical (unpaired) electrons. The van der Waals surface area contributed by atoms with Crippen molar-refractivity contribution in [2.45, 2.75) is 17.7 Å². The van der Waals surface area contributed by atoms with Crippen molar-refractivity contribution in [1.29, 1.82) is 0 Å². The van der Waals surface area contributed by atoms with Crippen LogP contribution in [0.5, 0.6) is 5.75 Å². The maximum atomic E-state index is 13.6. The second kappa shape index (κ2) is 8.77. The van der Waals surface area contributed by atoms with E-state index in [1.807, 2.05) is 0 Å². The Labute approximate surface area is 180 Å². The van der Waals surface area contributed by atoms with Gasteiger partial charge in [0.25, 0.3) is 15.9 Å². The van der Waals surface area contributed by atoms with E-state index in [9.17, 15) is 17.6 Å². The topological polar surface area (TPSA) is 75.7 Å². The van der Waals surface area contributed by atoms with Gasteiger partial charge in [0.1, 0.15) is 0 Å². The lowest BCUT2D eigenvalue weighted by Crippen LogP contribution is -2.35. The zero-order valence-corrected chi connectivity index (χ0v) is 17.4. The van der Waals surface area contributed by atoms with Crippen molar-refractivity contribution in [2.24, 2.45) is 0 Å². The van der Waals surface area contributed by atoms with Crippen LogP contribution in [-0.4, -0.2) is 27.5 Å². The highest BCUT2D eigenvalue weighted by molar-refractivity contribution is 7.92. The number of sulfonamides is 1. The number of nitrogens with one attached hydrogen (secondary N) is 1. The molecule has 1 heterocycles. The van der Waals surface area contributed by atoms with Gasteiger partial charge in [-0.25, -0.2) is 12.8 Å². The second-order valence-corrected chi connectivity index (χ2v) is 8.97. The molecule has 6 nitrogen and oxygen atoms in total. The van der Waals surface area contributed by atoms with Crippen LogP contribution in [0.15, 0.2) is 77.7 Å². The Morgan fingerprint density at radius 2 is 1.77 bits per heavy atom. The molecule has 0 saturated heterocycles. The fraction of sp³-hybridized carbons (Fsp3) is 0.174. The molecule has 1 amide bonds. The molecule has 1 N–H and O–H groups in total. The van der Waals surface area contributed by atoms with Gasteiger partial charge in [0.15, 0.2) is 18.2 Å². The van der Waals surface area contributed by atoms with E-state index in [1.54, 1.807) is 54.6 Å². The van der Waals surface area contributed by atoms with Crippen LogP contribution in [0.1, 0.15) is 12.0 Å². The third-order valence-electron chi connectivity index (χ3n) is 4.97. The number of amides is 1. The molecular formula is C23H21FN2O4S. The molecule has 160 valence electrons. The second-order valence-electron chi connectivity index (χ2n) is 7.10. The third-order valence-corrected chi connectivity index (χ3v) is 6.79. The van der Waals surface area contributed by atoms with Crippen LogP contribution in [0.25, 0.3) is 0 Å². The van der Waals surface area contributed by atoms with Gasteiger partial charge in [-0.05, 0) is 60.9 Å². The fourth-order valence-electron chi connectivity index (χ4n) is 3.51. The number of fused-ring (bicyclic) bond motifs is 1. The van der Waals surface area contributed by atoms with Gasteiger partial charge in [-0.15, -0.1) is 0 Å². The Morgan fingerprint density at radius 3 is 2.55 bits per heavy atom. The predicted octanol–water partition coefficient (Wildman–Crippen LogP) is 3.98. The number of hydrogen-bond acceptors (Lipinski definition) is 4. The van der Waals surface area contributed by atoms with E-state index < -0.39 is 21.7 Å². The van der Waals surface area contributed by atoms with Gasteiger partial charge in [0.2, 0.25) is 0 Å². The summed E-state index contributed by atoms with van der Waals surface area (Å²) in [7, 11) is -3.66. The molecule has 3 aromatic carbocycles. The van der Waals surface area contributed by atoms with E-state index in [-0.39, 0.29) is 17.3 Å². The normalized spacial score (nSPS) is 13.4. The molecule has 1 aliphatic heterocycles. The van der Waals surface area contributed by atoms with Crippen molar-refractivity contribution < 1.29 is 22.3 Å². The minimum absolute atomic E-state index is 0.00449. The lowest BCUT2D eigenvalue weighted by molar-refractivity contribution is -0.118. The van der Waals surface area contributed by atoms with Gasteiger partial charge in [0, 0.05) is 12.2 Å². The van der Waals surface area contributed by atoms with E-state index in [1.165, 1.54) is 22.5 Å². The Morgan fingerprint density at radius 1 is 1.03 bits per heavy atom. The van der Waals surface area contributed by atoms with Crippen molar-refractivity contribution in [2.75, 3.05) is 22.8 Å². The van der Waals surface area contributed by atoms with Crippen LogP contribution in [0.3, 0.4) is 0 Å². The molecule has 0 spiro atoms. The monoisotopic (exact) mass is 440 g/mol. The molecule has 0 fully saturated rings. The number of ether oxygens (including phenoxy) is 1. The van der Waals surface area contributed by atoms with Crippen LogP contribution >= 0.6 is 0 Å². The minimum atomic E-state index is -3.66. The summed E-state index contributed by atoms with van der Waals surface area (Å²) in [6.45, 7) is 0.0545. The predicted molar refractivity (Wildman–Crippen MR) is 116 cm³/mol. The first kappa shape index (κ1) is 20.9. The van der Waals surface area contributed by atoms with Crippen LogP contribution in [0.4, 0.5) is 15.8 Å². The average Bonchev–Trinajstić information content (AvgIpc) is 2.78. The zero-order valence-electron chi connectivity index (χ0n) is 16.6. The number of carbonyl (C=O) groups excluding carboxylic acids is 1. The lowest BCUT2D eigenvalue weighted by Gasteiger charge is -2.30. The first-order valence-electron chi connectivity index (χ1n) is 9.83. The Balaban J connectivity index is 1.48. The van der Waals surface area contributed by atoms with Gasteiger partial charge < -0.3 is 10.1 Å². The lowest BCUT2D eigenvalue weighted by atomic mass is 10.0. The van der Waals surface area contributed by atoms with Crippen molar-refractivity contribution in [3.8, 4) is 5.75 Å². The number of nitrogens with zero attached hydrogens (tertiary/aromatic N) is 1. The summed E-state index contributed by atoms with van der Waals surface area (Å²) in [6.07, 6.45) is 1.37. The average molecular weight is 440 g/mol. The number of rotatable bonds is 6. The molecule has 0 aromatic heterocycles. The smallest absolute Gasteiger partial charge is 0.264 e. The summed E-state index contributed by atoms with van der Waals surface area (Å²) in [6, 6.07) is 19.3. The minimum Gasteiger partial charge on any atom is -0.481 e. The van der Waals surface area contributed by atoms with Crippen molar-refractivity contribution in [3.63, 3.8) is 0 Å². The maximum absolute atomic E-state index is 13.6. The van der Waals surface area contributed by atoms with Gasteiger partial charge in [0.05, 0.1) is 10.6 Å². The molecule has 0 saturated carbocycles. The molecule has 0 unspecified atom stereocenters. The maximum Gasteiger partial charge on any atom is 0.264 e. The Hall–Kier alpha value is -3.39. The van der Waals surface area contributed by atoms with Gasteiger partial charge >= 0.3 is 0 Å². The van der Waals surface area contributed by atoms with Gasteiger partial charge in [-0.2, -0.15) is 0 Å².